The van der Waals surface area contributed by atoms with Gasteiger partial charge in [-0.1, -0.05) is 24.3 Å². The van der Waals surface area contributed by atoms with Gasteiger partial charge in [0.25, 0.3) is 5.91 Å². The molecule has 0 radical (unpaired) electrons. The van der Waals surface area contributed by atoms with Gasteiger partial charge < -0.3 is 9.88 Å². The number of imide groups is 1. The molecule has 2 aliphatic rings. The lowest BCUT2D eigenvalue weighted by molar-refractivity contribution is -0.128. The van der Waals surface area contributed by atoms with Crippen molar-refractivity contribution in [1.82, 2.24) is 19.8 Å². The Morgan fingerprint density at radius 2 is 2.04 bits per heavy atom. The molecule has 2 aromatic heterocycles. The third-order valence-corrected chi connectivity index (χ3v) is 5.10. The normalized spacial score (nSPS) is 19.4. The topological polar surface area (TPSA) is 69.3 Å². The van der Waals surface area contributed by atoms with Gasteiger partial charge in [-0.3, -0.25) is 14.7 Å². The molecule has 2 aliphatic heterocycles. The highest BCUT2D eigenvalue weighted by Gasteiger charge is 2.47. The van der Waals surface area contributed by atoms with E-state index in [2.05, 4.69) is 16.0 Å². The van der Waals surface area contributed by atoms with E-state index < -0.39 is 6.04 Å². The smallest absolute Gasteiger partial charge is 0.328 e. The number of carbonyl (C=O) groups excluding carboxylic acids is 2. The van der Waals surface area contributed by atoms with Gasteiger partial charge in [0.1, 0.15) is 6.04 Å². The SMILES string of the molecule is O=C1C2Cc3c([nH]c4ccccc34)CN2C(=O)N1Cc1cccnc1. The van der Waals surface area contributed by atoms with Crippen molar-refractivity contribution in [3.8, 4) is 0 Å². The van der Waals surface area contributed by atoms with Crippen LogP contribution in [0.15, 0.2) is 48.8 Å². The Hall–Kier alpha value is -3.15. The number of hydrogen-bond donors (Lipinski definition) is 1. The zero-order valence-electron chi connectivity index (χ0n) is 13.5. The Labute approximate surface area is 144 Å². The average molecular weight is 332 g/mol. The summed E-state index contributed by atoms with van der Waals surface area (Å²) in [6.07, 6.45) is 3.93. The molecule has 3 amide bonds. The van der Waals surface area contributed by atoms with Crippen molar-refractivity contribution < 1.29 is 9.59 Å². The lowest BCUT2D eigenvalue weighted by Gasteiger charge is -2.26. The molecule has 0 saturated carbocycles. The average Bonchev–Trinajstić information content (AvgIpc) is 3.12. The summed E-state index contributed by atoms with van der Waals surface area (Å²) < 4.78 is 0. The molecular formula is C19H16N4O2. The summed E-state index contributed by atoms with van der Waals surface area (Å²) in [4.78, 5) is 36.1. The number of urea groups is 1. The van der Waals surface area contributed by atoms with Crippen LogP contribution in [-0.4, -0.2) is 37.7 Å². The lowest BCUT2D eigenvalue weighted by Crippen LogP contribution is -2.39. The van der Waals surface area contributed by atoms with E-state index >= 15 is 0 Å². The minimum absolute atomic E-state index is 0.121. The molecule has 5 rings (SSSR count). The van der Waals surface area contributed by atoms with Crippen LogP contribution in [0.4, 0.5) is 4.79 Å². The summed E-state index contributed by atoms with van der Waals surface area (Å²) in [5.74, 6) is -0.121. The number of nitrogens with one attached hydrogen (secondary N) is 1. The quantitative estimate of drug-likeness (QED) is 0.733. The van der Waals surface area contributed by atoms with E-state index in [0.29, 0.717) is 13.0 Å². The lowest BCUT2D eigenvalue weighted by atomic mass is 9.97. The molecule has 1 N–H and O–H groups in total. The predicted octanol–water partition coefficient (Wildman–Crippen LogP) is 2.45. The van der Waals surface area contributed by atoms with Gasteiger partial charge in [0.2, 0.25) is 0 Å². The predicted molar refractivity (Wildman–Crippen MR) is 91.5 cm³/mol. The molecule has 1 atom stereocenters. The Kier molecular flexibility index (Phi) is 2.94. The van der Waals surface area contributed by atoms with Crippen LogP contribution in [0.3, 0.4) is 0 Å². The van der Waals surface area contributed by atoms with Gasteiger partial charge in [-0.05, 0) is 23.3 Å². The van der Waals surface area contributed by atoms with Crippen molar-refractivity contribution in [1.29, 1.82) is 0 Å². The summed E-state index contributed by atoms with van der Waals surface area (Å²) in [5.41, 5.74) is 4.09. The Bertz CT molecular complexity index is 995. The molecule has 124 valence electrons. The fraction of sp³-hybridized carbons (Fsp3) is 0.211. The van der Waals surface area contributed by atoms with Crippen molar-refractivity contribution >= 4 is 22.8 Å². The first-order valence-electron chi connectivity index (χ1n) is 8.32. The van der Waals surface area contributed by atoms with Gasteiger partial charge in [0.15, 0.2) is 0 Å². The fourth-order valence-corrected chi connectivity index (χ4v) is 3.88. The van der Waals surface area contributed by atoms with E-state index in [1.165, 1.54) is 4.90 Å². The number of aromatic amines is 1. The van der Waals surface area contributed by atoms with Crippen LogP contribution in [0.1, 0.15) is 16.8 Å². The number of H-pyrrole nitrogens is 1. The van der Waals surface area contributed by atoms with E-state index in [1.54, 1.807) is 17.3 Å². The minimum atomic E-state index is -0.407. The molecule has 1 unspecified atom stereocenters. The Morgan fingerprint density at radius 1 is 1.16 bits per heavy atom. The van der Waals surface area contributed by atoms with Crippen LogP contribution in [0.25, 0.3) is 10.9 Å². The van der Waals surface area contributed by atoms with Crippen LogP contribution >= 0.6 is 0 Å². The second-order valence-electron chi connectivity index (χ2n) is 6.54. The van der Waals surface area contributed by atoms with Crippen molar-refractivity contribution in [3.63, 3.8) is 0 Å². The van der Waals surface area contributed by atoms with Crippen molar-refractivity contribution in [2.24, 2.45) is 0 Å². The third kappa shape index (κ3) is 2.07. The molecule has 3 aromatic rings. The van der Waals surface area contributed by atoms with E-state index in [9.17, 15) is 9.59 Å². The summed E-state index contributed by atoms with van der Waals surface area (Å²) in [5, 5.41) is 1.14. The molecule has 1 saturated heterocycles. The second-order valence-corrected chi connectivity index (χ2v) is 6.54. The first-order chi connectivity index (χ1) is 12.2. The number of rotatable bonds is 2. The monoisotopic (exact) mass is 332 g/mol. The number of nitrogens with zero attached hydrogens (tertiary/aromatic N) is 3. The number of amides is 3. The summed E-state index contributed by atoms with van der Waals surface area (Å²) in [7, 11) is 0. The van der Waals surface area contributed by atoms with Crippen molar-refractivity contribution in [2.45, 2.75) is 25.6 Å². The molecule has 25 heavy (non-hydrogen) atoms. The van der Waals surface area contributed by atoms with E-state index in [-0.39, 0.29) is 18.5 Å². The zero-order chi connectivity index (χ0) is 17.0. The molecule has 0 bridgehead atoms. The van der Waals surface area contributed by atoms with E-state index in [1.807, 2.05) is 30.3 Å². The van der Waals surface area contributed by atoms with Crippen molar-refractivity contribution in [2.75, 3.05) is 0 Å². The maximum Gasteiger partial charge on any atom is 0.328 e. The maximum absolute atomic E-state index is 12.9. The summed E-state index contributed by atoms with van der Waals surface area (Å²) in [6.45, 7) is 0.718. The van der Waals surface area contributed by atoms with E-state index in [4.69, 9.17) is 0 Å². The molecule has 6 nitrogen and oxygen atoms in total. The van der Waals surface area contributed by atoms with E-state index in [0.717, 1.165) is 27.7 Å². The Morgan fingerprint density at radius 3 is 2.88 bits per heavy atom. The standard InChI is InChI=1S/C19H16N4O2/c24-18-17-8-14-13-5-1-2-6-15(13)21-16(14)11-22(17)19(25)23(18)10-12-4-3-7-20-9-12/h1-7,9,17,21H,8,10-11H2. The van der Waals surface area contributed by atoms with Gasteiger partial charge >= 0.3 is 6.03 Å². The Balaban J connectivity index is 1.48. The first kappa shape index (κ1) is 14.2. The number of aromatic nitrogens is 2. The number of hydrogen-bond acceptors (Lipinski definition) is 3. The molecule has 0 spiro atoms. The number of fused-ring (bicyclic) bond motifs is 4. The zero-order valence-corrected chi connectivity index (χ0v) is 13.5. The van der Waals surface area contributed by atoms with Gasteiger partial charge in [-0.2, -0.15) is 0 Å². The molecule has 1 aromatic carbocycles. The second kappa shape index (κ2) is 5.17. The van der Waals surface area contributed by atoms with Gasteiger partial charge in [0, 0.05) is 35.4 Å². The van der Waals surface area contributed by atoms with Gasteiger partial charge in [0.05, 0.1) is 13.1 Å². The maximum atomic E-state index is 12.9. The summed E-state index contributed by atoms with van der Waals surface area (Å²) >= 11 is 0. The third-order valence-electron chi connectivity index (χ3n) is 5.10. The molecule has 0 aliphatic carbocycles. The molecule has 1 fully saturated rings. The molecule has 4 heterocycles. The summed E-state index contributed by atoms with van der Waals surface area (Å²) in [6, 6.07) is 11.1. The minimum Gasteiger partial charge on any atom is -0.357 e. The molecule has 6 heteroatoms. The van der Waals surface area contributed by atoms with Crippen molar-refractivity contribution in [3.05, 3.63) is 65.6 Å². The van der Waals surface area contributed by atoms with Crippen LogP contribution in [0.5, 0.6) is 0 Å². The van der Waals surface area contributed by atoms with Gasteiger partial charge in [-0.15, -0.1) is 0 Å². The fourth-order valence-electron chi connectivity index (χ4n) is 3.88. The van der Waals surface area contributed by atoms with Crippen LogP contribution in [0, 0.1) is 0 Å². The number of para-hydroxylation sites is 1. The van der Waals surface area contributed by atoms with Crippen LogP contribution in [0.2, 0.25) is 0 Å². The number of carbonyl (C=O) groups is 2. The number of benzene rings is 1. The molecular weight excluding hydrogens is 316 g/mol. The highest BCUT2D eigenvalue weighted by molar-refractivity contribution is 6.05. The number of pyridine rings is 1. The highest BCUT2D eigenvalue weighted by Crippen LogP contribution is 2.34. The van der Waals surface area contributed by atoms with Crippen LogP contribution in [-0.2, 0) is 24.3 Å². The highest BCUT2D eigenvalue weighted by atomic mass is 16.2. The van der Waals surface area contributed by atoms with Gasteiger partial charge in [-0.25, -0.2) is 4.79 Å². The first-order valence-corrected chi connectivity index (χ1v) is 8.32. The largest absolute Gasteiger partial charge is 0.357 e. The van der Waals surface area contributed by atoms with Crippen LogP contribution < -0.4 is 0 Å².